The average molecular weight is 312 g/mol. The van der Waals surface area contributed by atoms with Gasteiger partial charge in [-0.2, -0.15) is 0 Å². The highest BCUT2D eigenvalue weighted by Crippen LogP contribution is 2.40. The van der Waals surface area contributed by atoms with Crippen molar-refractivity contribution in [1.82, 2.24) is 9.80 Å². The number of rotatable bonds is 3. The monoisotopic (exact) mass is 312 g/mol. The Balaban J connectivity index is 1.68. The zero-order chi connectivity index (χ0) is 16.4. The summed E-state index contributed by atoms with van der Waals surface area (Å²) in [6.45, 7) is 7.90. The molecule has 0 bridgehead atoms. The van der Waals surface area contributed by atoms with Crippen LogP contribution in [-0.2, 0) is 11.2 Å². The third kappa shape index (κ3) is 2.78. The first kappa shape index (κ1) is 15.8. The molecule has 2 heterocycles. The maximum absolute atomic E-state index is 12.8. The molecule has 2 aliphatic heterocycles. The molecule has 3 rings (SSSR count). The van der Waals surface area contributed by atoms with E-state index < -0.39 is 0 Å². The summed E-state index contributed by atoms with van der Waals surface area (Å²) in [6, 6.07) is 7.93. The Morgan fingerprint density at radius 3 is 2.22 bits per heavy atom. The summed E-state index contributed by atoms with van der Waals surface area (Å²) in [5.74, 6) is 0.120. The smallest absolute Gasteiger partial charge is 0.254 e. The molecule has 0 aliphatic carbocycles. The van der Waals surface area contributed by atoms with Crippen LogP contribution in [0, 0.1) is 0 Å². The van der Waals surface area contributed by atoms with Gasteiger partial charge in [0.05, 0.1) is 0 Å². The van der Waals surface area contributed by atoms with Crippen LogP contribution in [0.15, 0.2) is 36.9 Å². The van der Waals surface area contributed by atoms with Gasteiger partial charge in [0.15, 0.2) is 0 Å². The van der Waals surface area contributed by atoms with Gasteiger partial charge < -0.3 is 9.80 Å². The molecule has 2 saturated heterocycles. The molecule has 122 valence electrons. The van der Waals surface area contributed by atoms with Crippen LogP contribution in [0.3, 0.4) is 0 Å². The van der Waals surface area contributed by atoms with Gasteiger partial charge in [-0.05, 0) is 49.5 Å². The van der Waals surface area contributed by atoms with E-state index in [-0.39, 0.29) is 17.4 Å². The van der Waals surface area contributed by atoms with Crippen molar-refractivity contribution in [1.29, 1.82) is 0 Å². The van der Waals surface area contributed by atoms with Crippen LogP contribution in [0.25, 0.3) is 0 Å². The lowest BCUT2D eigenvalue weighted by Crippen LogP contribution is -2.66. The molecule has 0 aromatic heterocycles. The highest BCUT2D eigenvalue weighted by atomic mass is 16.2. The SMILES string of the molecule is C=CC(=O)N1CCC2(CC1)CCN2C(=O)c1ccc(CC)cc1. The minimum Gasteiger partial charge on any atom is -0.339 e. The van der Waals surface area contributed by atoms with Crippen LogP contribution in [0.1, 0.15) is 42.1 Å². The number of aryl methyl sites for hydroxylation is 1. The van der Waals surface area contributed by atoms with Crippen LogP contribution < -0.4 is 0 Å². The van der Waals surface area contributed by atoms with E-state index in [4.69, 9.17) is 0 Å². The summed E-state index contributed by atoms with van der Waals surface area (Å²) in [5, 5.41) is 0. The Hall–Kier alpha value is -2.10. The van der Waals surface area contributed by atoms with Gasteiger partial charge in [-0.1, -0.05) is 25.6 Å². The van der Waals surface area contributed by atoms with Crippen molar-refractivity contribution in [3.05, 3.63) is 48.0 Å². The van der Waals surface area contributed by atoms with Crippen LogP contribution in [0.4, 0.5) is 0 Å². The molecule has 4 nitrogen and oxygen atoms in total. The number of hydrogen-bond donors (Lipinski definition) is 0. The van der Waals surface area contributed by atoms with Crippen molar-refractivity contribution in [2.75, 3.05) is 19.6 Å². The fraction of sp³-hybridized carbons (Fsp3) is 0.474. The van der Waals surface area contributed by atoms with E-state index in [2.05, 4.69) is 13.5 Å². The van der Waals surface area contributed by atoms with E-state index >= 15 is 0 Å². The lowest BCUT2D eigenvalue weighted by atomic mass is 9.76. The second-order valence-electron chi connectivity index (χ2n) is 6.51. The molecular formula is C19H24N2O2. The maximum Gasteiger partial charge on any atom is 0.254 e. The van der Waals surface area contributed by atoms with Crippen LogP contribution >= 0.6 is 0 Å². The molecule has 2 amide bonds. The normalized spacial score (nSPS) is 19.3. The molecule has 23 heavy (non-hydrogen) atoms. The third-order valence-electron chi connectivity index (χ3n) is 5.41. The number of benzene rings is 1. The molecule has 0 unspecified atom stereocenters. The van der Waals surface area contributed by atoms with Gasteiger partial charge in [0, 0.05) is 30.7 Å². The number of piperidine rings is 1. The lowest BCUT2D eigenvalue weighted by Gasteiger charge is -2.56. The Kier molecular flexibility index (Phi) is 4.24. The maximum atomic E-state index is 12.8. The van der Waals surface area contributed by atoms with Crippen molar-refractivity contribution >= 4 is 11.8 Å². The minimum atomic E-state index is -0.0432. The van der Waals surface area contributed by atoms with E-state index in [9.17, 15) is 9.59 Å². The van der Waals surface area contributed by atoms with E-state index in [1.54, 1.807) is 0 Å². The van der Waals surface area contributed by atoms with Crippen LogP contribution in [0.5, 0.6) is 0 Å². The molecule has 4 heteroatoms. The Morgan fingerprint density at radius 2 is 1.74 bits per heavy atom. The minimum absolute atomic E-state index is 0.00722. The van der Waals surface area contributed by atoms with Gasteiger partial charge in [-0.15, -0.1) is 0 Å². The number of amides is 2. The highest BCUT2D eigenvalue weighted by molar-refractivity contribution is 5.95. The van der Waals surface area contributed by atoms with Crippen LogP contribution in [-0.4, -0.2) is 46.8 Å². The number of carbonyl (C=O) groups excluding carboxylic acids is 2. The highest BCUT2D eigenvalue weighted by Gasteiger charge is 2.49. The summed E-state index contributed by atoms with van der Waals surface area (Å²) in [6.07, 6.45) is 5.13. The molecule has 1 spiro atoms. The predicted octanol–water partition coefficient (Wildman–Crippen LogP) is 2.64. The van der Waals surface area contributed by atoms with E-state index in [1.165, 1.54) is 11.6 Å². The molecule has 2 fully saturated rings. The summed E-state index contributed by atoms with van der Waals surface area (Å²) in [4.78, 5) is 28.4. The van der Waals surface area contributed by atoms with Crippen LogP contribution in [0.2, 0.25) is 0 Å². The molecule has 0 saturated carbocycles. The first-order valence-electron chi connectivity index (χ1n) is 8.42. The van der Waals surface area contributed by atoms with Gasteiger partial charge >= 0.3 is 0 Å². The molecular weight excluding hydrogens is 288 g/mol. The first-order valence-corrected chi connectivity index (χ1v) is 8.42. The molecule has 1 aromatic carbocycles. The fourth-order valence-electron chi connectivity index (χ4n) is 3.69. The number of hydrogen-bond acceptors (Lipinski definition) is 2. The average Bonchev–Trinajstić information content (AvgIpc) is 2.60. The number of likely N-dealkylation sites (tertiary alicyclic amines) is 2. The standard InChI is InChI=1S/C19H24N2O2/c1-3-15-5-7-16(8-6-15)18(23)21-14-11-19(21)9-12-20(13-10-19)17(22)4-2/h4-8H,2-3,9-14H2,1H3. The molecule has 1 aromatic rings. The largest absolute Gasteiger partial charge is 0.339 e. The quantitative estimate of drug-likeness (QED) is 0.805. The molecule has 0 N–H and O–H groups in total. The van der Waals surface area contributed by atoms with Crippen molar-refractivity contribution in [2.24, 2.45) is 0 Å². The van der Waals surface area contributed by atoms with Crippen molar-refractivity contribution in [3.8, 4) is 0 Å². The van der Waals surface area contributed by atoms with Crippen molar-refractivity contribution < 1.29 is 9.59 Å². The van der Waals surface area contributed by atoms with E-state index in [1.807, 2.05) is 34.1 Å². The Labute approximate surface area is 137 Å². The van der Waals surface area contributed by atoms with E-state index in [0.29, 0.717) is 13.1 Å². The Morgan fingerprint density at radius 1 is 1.13 bits per heavy atom. The number of nitrogens with zero attached hydrogens (tertiary/aromatic N) is 2. The zero-order valence-electron chi connectivity index (χ0n) is 13.8. The van der Waals surface area contributed by atoms with Gasteiger partial charge in [-0.25, -0.2) is 0 Å². The summed E-state index contributed by atoms with van der Waals surface area (Å²) < 4.78 is 0. The third-order valence-corrected chi connectivity index (χ3v) is 5.41. The second-order valence-corrected chi connectivity index (χ2v) is 6.51. The molecule has 0 radical (unpaired) electrons. The van der Waals surface area contributed by atoms with E-state index in [0.717, 1.165) is 37.8 Å². The van der Waals surface area contributed by atoms with Gasteiger partial charge in [0.2, 0.25) is 5.91 Å². The second kappa shape index (κ2) is 6.19. The summed E-state index contributed by atoms with van der Waals surface area (Å²) in [7, 11) is 0. The Bertz CT molecular complexity index is 613. The van der Waals surface area contributed by atoms with Gasteiger partial charge in [0.25, 0.3) is 5.91 Å². The number of carbonyl (C=O) groups is 2. The van der Waals surface area contributed by atoms with Gasteiger partial charge in [-0.3, -0.25) is 9.59 Å². The predicted molar refractivity (Wildman–Crippen MR) is 90.2 cm³/mol. The molecule has 2 aliphatic rings. The first-order chi connectivity index (χ1) is 11.1. The van der Waals surface area contributed by atoms with Crippen molar-refractivity contribution in [3.63, 3.8) is 0 Å². The molecule has 0 atom stereocenters. The topological polar surface area (TPSA) is 40.6 Å². The zero-order valence-corrected chi connectivity index (χ0v) is 13.8. The fourth-order valence-corrected chi connectivity index (χ4v) is 3.69. The lowest BCUT2D eigenvalue weighted by molar-refractivity contribution is -0.130. The van der Waals surface area contributed by atoms with Gasteiger partial charge in [0.1, 0.15) is 0 Å². The summed E-state index contributed by atoms with van der Waals surface area (Å²) in [5.41, 5.74) is 1.97. The van der Waals surface area contributed by atoms with Crippen molar-refractivity contribution in [2.45, 2.75) is 38.1 Å². The summed E-state index contributed by atoms with van der Waals surface area (Å²) >= 11 is 0.